The van der Waals surface area contributed by atoms with Crippen LogP contribution in [0.4, 0.5) is 10.2 Å². The number of aromatic nitrogens is 3. The van der Waals surface area contributed by atoms with Gasteiger partial charge in [-0.1, -0.05) is 19.9 Å². The molecule has 0 saturated carbocycles. The third-order valence-corrected chi connectivity index (χ3v) is 5.75. The normalized spacial score (nSPS) is 13.1. The van der Waals surface area contributed by atoms with Crippen LogP contribution in [0.2, 0.25) is 0 Å². The minimum absolute atomic E-state index is 0. The van der Waals surface area contributed by atoms with Gasteiger partial charge in [-0.2, -0.15) is 9.61 Å². The highest BCUT2D eigenvalue weighted by molar-refractivity contribution is 5.85. The molecule has 0 saturated heterocycles. The standard InChI is InChI=1S/C22H27FN4.ClH/c1-5-16(6-2)24-21-18-8-7-9-19(18)25-22-20(14(4)26-27(21)22)17-11-10-15(23)12-13(17)3;/h10-12,16,24H,5-9H2,1-4H3;1H. The molecule has 4 rings (SSSR count). The van der Waals surface area contributed by atoms with Gasteiger partial charge in [0.05, 0.1) is 5.69 Å². The van der Waals surface area contributed by atoms with E-state index < -0.39 is 0 Å². The zero-order valence-corrected chi connectivity index (χ0v) is 17.8. The third kappa shape index (κ3) is 3.37. The molecular formula is C22H28ClFN4. The summed E-state index contributed by atoms with van der Waals surface area (Å²) in [6.07, 6.45) is 5.33. The first-order chi connectivity index (χ1) is 13.0. The molecule has 0 bridgehead atoms. The smallest absolute Gasteiger partial charge is 0.165 e. The summed E-state index contributed by atoms with van der Waals surface area (Å²) in [6, 6.07) is 5.36. The Balaban J connectivity index is 0.00000225. The van der Waals surface area contributed by atoms with E-state index in [1.165, 1.54) is 17.3 Å². The molecule has 0 fully saturated rings. The maximum atomic E-state index is 13.6. The SMILES string of the molecule is CCC(CC)Nc1c2c(nc3c(-c4ccc(F)cc4C)c(C)nn13)CCC2.Cl. The van der Waals surface area contributed by atoms with Crippen molar-refractivity contribution >= 4 is 23.9 Å². The number of hydrogen-bond donors (Lipinski definition) is 1. The molecule has 1 aromatic carbocycles. The first-order valence-electron chi connectivity index (χ1n) is 9.97. The summed E-state index contributed by atoms with van der Waals surface area (Å²) < 4.78 is 15.6. The van der Waals surface area contributed by atoms with Crippen molar-refractivity contribution in [2.75, 3.05) is 5.32 Å². The van der Waals surface area contributed by atoms with Gasteiger partial charge in [0.25, 0.3) is 0 Å². The molecule has 1 N–H and O–H groups in total. The number of hydrogen-bond acceptors (Lipinski definition) is 3. The van der Waals surface area contributed by atoms with Gasteiger partial charge in [0, 0.05) is 22.9 Å². The molecule has 150 valence electrons. The number of nitrogens with zero attached hydrogens (tertiary/aromatic N) is 3. The summed E-state index contributed by atoms with van der Waals surface area (Å²) in [5.74, 6) is 0.880. The van der Waals surface area contributed by atoms with Crippen molar-refractivity contribution in [1.82, 2.24) is 14.6 Å². The van der Waals surface area contributed by atoms with Crippen LogP contribution in [0.3, 0.4) is 0 Å². The maximum absolute atomic E-state index is 13.6. The zero-order valence-electron chi connectivity index (χ0n) is 17.0. The Morgan fingerprint density at radius 1 is 1.18 bits per heavy atom. The van der Waals surface area contributed by atoms with Gasteiger partial charge in [-0.15, -0.1) is 12.4 Å². The van der Waals surface area contributed by atoms with Crippen LogP contribution in [0.25, 0.3) is 16.8 Å². The van der Waals surface area contributed by atoms with Gasteiger partial charge in [-0.25, -0.2) is 9.37 Å². The number of aryl methyl sites for hydroxylation is 3. The van der Waals surface area contributed by atoms with Gasteiger partial charge in [-0.05, 0) is 69.2 Å². The first-order valence-corrected chi connectivity index (χ1v) is 9.97. The summed E-state index contributed by atoms with van der Waals surface area (Å²) in [4.78, 5) is 5.00. The van der Waals surface area contributed by atoms with Crippen molar-refractivity contribution in [3.05, 3.63) is 46.5 Å². The first kappa shape index (κ1) is 20.6. The molecule has 0 unspecified atom stereocenters. The molecule has 4 nitrogen and oxygen atoms in total. The molecule has 28 heavy (non-hydrogen) atoms. The largest absolute Gasteiger partial charge is 0.367 e. The minimum atomic E-state index is -0.213. The van der Waals surface area contributed by atoms with Crippen LogP contribution in [0, 0.1) is 19.7 Å². The second-order valence-electron chi connectivity index (χ2n) is 7.55. The Morgan fingerprint density at radius 3 is 2.61 bits per heavy atom. The average Bonchev–Trinajstić information content (AvgIpc) is 3.23. The van der Waals surface area contributed by atoms with E-state index in [2.05, 4.69) is 19.2 Å². The summed E-state index contributed by atoms with van der Waals surface area (Å²) in [6.45, 7) is 8.37. The van der Waals surface area contributed by atoms with Gasteiger partial charge in [-0.3, -0.25) is 0 Å². The van der Waals surface area contributed by atoms with Crippen LogP contribution in [-0.4, -0.2) is 20.6 Å². The number of halogens is 2. The summed E-state index contributed by atoms with van der Waals surface area (Å²) in [5, 5.41) is 8.59. The molecule has 2 heterocycles. The van der Waals surface area contributed by atoms with Gasteiger partial charge >= 0.3 is 0 Å². The molecule has 0 atom stereocenters. The Bertz CT molecular complexity index is 1010. The number of fused-ring (bicyclic) bond motifs is 2. The van der Waals surface area contributed by atoms with Crippen LogP contribution in [0.1, 0.15) is 55.6 Å². The Morgan fingerprint density at radius 2 is 1.93 bits per heavy atom. The van der Waals surface area contributed by atoms with Crippen molar-refractivity contribution < 1.29 is 4.39 Å². The lowest BCUT2D eigenvalue weighted by Gasteiger charge is -2.19. The highest BCUT2D eigenvalue weighted by Crippen LogP contribution is 2.36. The molecule has 1 aliphatic carbocycles. The van der Waals surface area contributed by atoms with E-state index in [-0.39, 0.29) is 18.2 Å². The summed E-state index contributed by atoms with van der Waals surface area (Å²) in [7, 11) is 0. The predicted octanol–water partition coefficient (Wildman–Crippen LogP) is 5.66. The zero-order chi connectivity index (χ0) is 19.1. The number of rotatable bonds is 5. The van der Waals surface area contributed by atoms with Crippen molar-refractivity contribution in [2.24, 2.45) is 0 Å². The summed E-state index contributed by atoms with van der Waals surface area (Å²) >= 11 is 0. The minimum Gasteiger partial charge on any atom is -0.367 e. The Hall–Kier alpha value is -2.14. The number of nitrogens with one attached hydrogen (secondary N) is 1. The number of anilines is 1. The predicted molar refractivity (Wildman–Crippen MR) is 115 cm³/mol. The fraction of sp³-hybridized carbons (Fsp3) is 0.455. The van der Waals surface area contributed by atoms with E-state index in [0.29, 0.717) is 6.04 Å². The molecule has 2 aromatic heterocycles. The van der Waals surface area contributed by atoms with Crippen molar-refractivity contribution in [3.63, 3.8) is 0 Å². The van der Waals surface area contributed by atoms with Gasteiger partial charge in [0.2, 0.25) is 0 Å². The van der Waals surface area contributed by atoms with E-state index in [1.807, 2.05) is 24.4 Å². The average molecular weight is 403 g/mol. The lowest BCUT2D eigenvalue weighted by Crippen LogP contribution is -2.21. The van der Waals surface area contributed by atoms with Crippen molar-refractivity contribution in [1.29, 1.82) is 0 Å². The molecule has 3 aromatic rings. The lowest BCUT2D eigenvalue weighted by atomic mass is 10.0. The molecular weight excluding hydrogens is 375 g/mol. The second kappa shape index (κ2) is 8.08. The van der Waals surface area contributed by atoms with Crippen LogP contribution < -0.4 is 5.32 Å². The van der Waals surface area contributed by atoms with E-state index in [9.17, 15) is 4.39 Å². The highest BCUT2D eigenvalue weighted by atomic mass is 35.5. The van der Waals surface area contributed by atoms with E-state index >= 15 is 0 Å². The van der Waals surface area contributed by atoms with Crippen molar-refractivity contribution in [2.45, 2.75) is 65.8 Å². The molecule has 0 radical (unpaired) electrons. The fourth-order valence-electron chi connectivity index (χ4n) is 4.19. The Labute approximate surface area is 172 Å². The third-order valence-electron chi connectivity index (χ3n) is 5.75. The quantitative estimate of drug-likeness (QED) is 0.598. The van der Waals surface area contributed by atoms with Gasteiger partial charge < -0.3 is 5.32 Å². The van der Waals surface area contributed by atoms with E-state index in [0.717, 1.165) is 66.0 Å². The highest BCUT2D eigenvalue weighted by Gasteiger charge is 2.25. The van der Waals surface area contributed by atoms with E-state index in [4.69, 9.17) is 10.1 Å². The van der Waals surface area contributed by atoms with Crippen molar-refractivity contribution in [3.8, 4) is 11.1 Å². The van der Waals surface area contributed by atoms with Gasteiger partial charge in [0.15, 0.2) is 5.65 Å². The van der Waals surface area contributed by atoms with E-state index in [1.54, 1.807) is 6.07 Å². The molecule has 1 aliphatic rings. The monoisotopic (exact) mass is 402 g/mol. The Kier molecular flexibility index (Phi) is 5.94. The number of benzene rings is 1. The summed E-state index contributed by atoms with van der Waals surface area (Å²) in [5.41, 5.74) is 7.20. The van der Waals surface area contributed by atoms with Gasteiger partial charge in [0.1, 0.15) is 11.6 Å². The molecule has 0 amide bonds. The van der Waals surface area contributed by atoms with Crippen LogP contribution in [0.15, 0.2) is 18.2 Å². The molecule has 6 heteroatoms. The second-order valence-corrected chi connectivity index (χ2v) is 7.55. The lowest BCUT2D eigenvalue weighted by molar-refractivity contribution is 0.627. The van der Waals surface area contributed by atoms with Crippen LogP contribution in [-0.2, 0) is 12.8 Å². The topological polar surface area (TPSA) is 42.2 Å². The maximum Gasteiger partial charge on any atom is 0.165 e. The molecule has 0 aliphatic heterocycles. The van der Waals surface area contributed by atoms with Crippen LogP contribution >= 0.6 is 12.4 Å². The molecule has 0 spiro atoms. The fourth-order valence-corrected chi connectivity index (χ4v) is 4.19. The van der Waals surface area contributed by atoms with Crippen LogP contribution in [0.5, 0.6) is 0 Å².